The van der Waals surface area contributed by atoms with Crippen LogP contribution in [0.3, 0.4) is 0 Å². The van der Waals surface area contributed by atoms with Crippen LogP contribution in [-0.2, 0) is 0 Å². The maximum absolute atomic E-state index is 8.73. The number of rotatable bonds is 3. The summed E-state index contributed by atoms with van der Waals surface area (Å²) < 4.78 is 0. The third kappa shape index (κ3) is 2.50. The van der Waals surface area contributed by atoms with E-state index in [1.807, 2.05) is 24.3 Å². The minimum absolute atomic E-state index is 0.240. The van der Waals surface area contributed by atoms with E-state index in [0.29, 0.717) is 5.92 Å². The number of hydrogen-bond donors (Lipinski definition) is 1. The predicted molar refractivity (Wildman–Crippen MR) is 51.6 cm³/mol. The first-order valence-corrected chi connectivity index (χ1v) is 4.48. The molecule has 0 radical (unpaired) electrons. The first-order chi connectivity index (χ1) is 5.74. The Morgan fingerprint density at radius 2 is 1.92 bits per heavy atom. The summed E-state index contributed by atoms with van der Waals surface area (Å²) in [5, 5.41) is 9.49. The van der Waals surface area contributed by atoms with Crippen LogP contribution >= 0.6 is 11.6 Å². The third-order valence-electron chi connectivity index (χ3n) is 2.00. The zero-order valence-corrected chi connectivity index (χ0v) is 7.88. The highest BCUT2D eigenvalue weighted by Gasteiger charge is 2.03. The van der Waals surface area contributed by atoms with Gasteiger partial charge in [0.05, 0.1) is 0 Å². The Balaban J connectivity index is 2.68. The van der Waals surface area contributed by atoms with E-state index in [4.69, 9.17) is 16.7 Å². The molecule has 0 aliphatic rings. The van der Waals surface area contributed by atoms with Crippen molar-refractivity contribution in [1.29, 1.82) is 0 Å². The number of benzene rings is 1. The first-order valence-electron chi connectivity index (χ1n) is 4.10. The van der Waals surface area contributed by atoms with E-state index in [-0.39, 0.29) is 6.61 Å². The molecule has 1 rings (SSSR count). The van der Waals surface area contributed by atoms with Gasteiger partial charge in [0, 0.05) is 11.6 Å². The highest BCUT2D eigenvalue weighted by Crippen LogP contribution is 2.20. The van der Waals surface area contributed by atoms with Gasteiger partial charge in [-0.3, -0.25) is 0 Å². The molecule has 0 bridgehead atoms. The molecular weight excluding hydrogens is 172 g/mol. The number of aliphatic hydroxyl groups excluding tert-OH is 1. The van der Waals surface area contributed by atoms with Crippen LogP contribution in [0.15, 0.2) is 24.3 Å². The van der Waals surface area contributed by atoms with Gasteiger partial charge in [0.15, 0.2) is 0 Å². The Morgan fingerprint density at radius 1 is 1.33 bits per heavy atom. The van der Waals surface area contributed by atoms with Crippen LogP contribution in [0.4, 0.5) is 0 Å². The Kier molecular flexibility index (Phi) is 3.57. The molecule has 0 aliphatic heterocycles. The van der Waals surface area contributed by atoms with E-state index in [9.17, 15) is 0 Å². The van der Waals surface area contributed by atoms with Crippen LogP contribution in [0, 0.1) is 0 Å². The maximum Gasteiger partial charge on any atom is 0.0436 e. The van der Waals surface area contributed by atoms with E-state index in [1.165, 1.54) is 5.56 Å². The number of hydrogen-bond acceptors (Lipinski definition) is 1. The lowest BCUT2D eigenvalue weighted by Gasteiger charge is -2.09. The molecule has 0 amide bonds. The fourth-order valence-corrected chi connectivity index (χ4v) is 1.28. The lowest BCUT2D eigenvalue weighted by Crippen LogP contribution is -1.95. The molecule has 0 aliphatic carbocycles. The monoisotopic (exact) mass is 184 g/mol. The largest absolute Gasteiger partial charge is 0.396 e. The summed E-state index contributed by atoms with van der Waals surface area (Å²) >= 11 is 5.74. The SMILES string of the molecule is C[C@H](CCO)c1ccc(Cl)cc1. The highest BCUT2D eigenvalue weighted by atomic mass is 35.5. The van der Waals surface area contributed by atoms with Crippen molar-refractivity contribution in [1.82, 2.24) is 0 Å². The molecule has 0 saturated carbocycles. The molecule has 66 valence electrons. The van der Waals surface area contributed by atoms with Gasteiger partial charge in [0.2, 0.25) is 0 Å². The van der Waals surface area contributed by atoms with Crippen molar-refractivity contribution in [2.24, 2.45) is 0 Å². The highest BCUT2D eigenvalue weighted by molar-refractivity contribution is 6.30. The second kappa shape index (κ2) is 4.48. The third-order valence-corrected chi connectivity index (χ3v) is 2.25. The first kappa shape index (κ1) is 9.56. The molecule has 1 N–H and O–H groups in total. The summed E-state index contributed by atoms with van der Waals surface area (Å²) in [6.07, 6.45) is 0.807. The van der Waals surface area contributed by atoms with Crippen molar-refractivity contribution in [3.63, 3.8) is 0 Å². The second-order valence-corrected chi connectivity index (χ2v) is 3.40. The van der Waals surface area contributed by atoms with Crippen LogP contribution in [0.25, 0.3) is 0 Å². The quantitative estimate of drug-likeness (QED) is 0.766. The van der Waals surface area contributed by atoms with Gasteiger partial charge in [-0.2, -0.15) is 0 Å². The van der Waals surface area contributed by atoms with Crippen molar-refractivity contribution in [3.8, 4) is 0 Å². The Hall–Kier alpha value is -0.530. The zero-order chi connectivity index (χ0) is 8.97. The number of halogens is 1. The molecule has 1 nitrogen and oxygen atoms in total. The fraction of sp³-hybridized carbons (Fsp3) is 0.400. The van der Waals surface area contributed by atoms with Gasteiger partial charge in [-0.1, -0.05) is 30.7 Å². The Morgan fingerprint density at radius 3 is 2.42 bits per heavy atom. The summed E-state index contributed by atoms with van der Waals surface area (Å²) in [4.78, 5) is 0. The summed E-state index contributed by atoms with van der Waals surface area (Å²) in [6, 6.07) is 7.76. The summed E-state index contributed by atoms with van der Waals surface area (Å²) in [6.45, 7) is 2.34. The molecule has 0 spiro atoms. The number of aliphatic hydroxyl groups is 1. The van der Waals surface area contributed by atoms with Crippen LogP contribution < -0.4 is 0 Å². The molecule has 0 fully saturated rings. The van der Waals surface area contributed by atoms with Crippen LogP contribution in [0.1, 0.15) is 24.8 Å². The predicted octanol–water partition coefficient (Wildman–Crippen LogP) is 2.83. The standard InChI is InChI=1S/C10H13ClO/c1-8(6-7-12)9-2-4-10(11)5-3-9/h2-5,8,12H,6-7H2,1H3/t8-/m1/s1. The van der Waals surface area contributed by atoms with Gasteiger partial charge in [0.25, 0.3) is 0 Å². The van der Waals surface area contributed by atoms with Gasteiger partial charge in [-0.25, -0.2) is 0 Å². The van der Waals surface area contributed by atoms with E-state index in [1.54, 1.807) is 0 Å². The minimum atomic E-state index is 0.240. The van der Waals surface area contributed by atoms with Gasteiger partial charge in [-0.05, 0) is 30.0 Å². The molecule has 1 aromatic carbocycles. The van der Waals surface area contributed by atoms with Gasteiger partial charge < -0.3 is 5.11 Å². The van der Waals surface area contributed by atoms with Crippen molar-refractivity contribution in [3.05, 3.63) is 34.9 Å². The maximum atomic E-state index is 8.73. The Bertz CT molecular complexity index is 230. The molecule has 0 heterocycles. The van der Waals surface area contributed by atoms with E-state index in [2.05, 4.69) is 6.92 Å². The second-order valence-electron chi connectivity index (χ2n) is 2.96. The molecular formula is C10H13ClO. The van der Waals surface area contributed by atoms with Crippen LogP contribution in [0.5, 0.6) is 0 Å². The average Bonchev–Trinajstić information content (AvgIpc) is 2.06. The van der Waals surface area contributed by atoms with Crippen molar-refractivity contribution < 1.29 is 5.11 Å². The van der Waals surface area contributed by atoms with E-state index >= 15 is 0 Å². The molecule has 2 heteroatoms. The average molecular weight is 185 g/mol. The van der Waals surface area contributed by atoms with Crippen LogP contribution in [-0.4, -0.2) is 11.7 Å². The van der Waals surface area contributed by atoms with Crippen molar-refractivity contribution in [2.45, 2.75) is 19.3 Å². The van der Waals surface area contributed by atoms with E-state index in [0.717, 1.165) is 11.4 Å². The van der Waals surface area contributed by atoms with Gasteiger partial charge in [0.1, 0.15) is 0 Å². The summed E-state index contributed by atoms with van der Waals surface area (Å²) in [7, 11) is 0. The summed E-state index contributed by atoms with van der Waals surface area (Å²) in [5.41, 5.74) is 1.23. The summed E-state index contributed by atoms with van der Waals surface area (Å²) in [5.74, 6) is 0.410. The van der Waals surface area contributed by atoms with Gasteiger partial charge >= 0.3 is 0 Å². The molecule has 0 unspecified atom stereocenters. The van der Waals surface area contributed by atoms with Gasteiger partial charge in [-0.15, -0.1) is 0 Å². The Labute approximate surface area is 78.0 Å². The lowest BCUT2D eigenvalue weighted by molar-refractivity contribution is 0.278. The molecule has 12 heavy (non-hydrogen) atoms. The zero-order valence-electron chi connectivity index (χ0n) is 7.13. The van der Waals surface area contributed by atoms with Crippen molar-refractivity contribution in [2.75, 3.05) is 6.61 Å². The molecule has 0 saturated heterocycles. The smallest absolute Gasteiger partial charge is 0.0436 e. The minimum Gasteiger partial charge on any atom is -0.396 e. The lowest BCUT2D eigenvalue weighted by atomic mass is 9.98. The topological polar surface area (TPSA) is 20.2 Å². The molecule has 1 atom stereocenters. The molecule has 1 aromatic rings. The molecule has 0 aromatic heterocycles. The van der Waals surface area contributed by atoms with E-state index < -0.39 is 0 Å². The normalized spacial score (nSPS) is 12.9. The van der Waals surface area contributed by atoms with Crippen LogP contribution in [0.2, 0.25) is 5.02 Å². The van der Waals surface area contributed by atoms with Crippen molar-refractivity contribution >= 4 is 11.6 Å². The fourth-order valence-electron chi connectivity index (χ4n) is 1.15.